The van der Waals surface area contributed by atoms with E-state index in [1.54, 1.807) is 13.8 Å². The lowest BCUT2D eigenvalue weighted by molar-refractivity contribution is -0.142. The molecule has 2 unspecified atom stereocenters. The molecular formula is C13H23N3O4. The third-order valence-corrected chi connectivity index (χ3v) is 3.56. The summed E-state index contributed by atoms with van der Waals surface area (Å²) in [5.41, 5.74) is 0. The zero-order chi connectivity index (χ0) is 15.3. The van der Waals surface area contributed by atoms with Gasteiger partial charge in [-0.05, 0) is 26.2 Å². The second-order valence-electron chi connectivity index (χ2n) is 4.99. The van der Waals surface area contributed by atoms with Gasteiger partial charge < -0.3 is 20.2 Å². The number of urea groups is 1. The van der Waals surface area contributed by atoms with Gasteiger partial charge in [-0.15, -0.1) is 0 Å². The van der Waals surface area contributed by atoms with Gasteiger partial charge in [-0.25, -0.2) is 9.59 Å². The van der Waals surface area contributed by atoms with Crippen LogP contribution in [-0.4, -0.2) is 65.0 Å². The minimum Gasteiger partial charge on any atom is -0.480 e. The van der Waals surface area contributed by atoms with E-state index in [4.69, 9.17) is 0 Å². The van der Waals surface area contributed by atoms with E-state index in [1.165, 1.54) is 9.80 Å². The summed E-state index contributed by atoms with van der Waals surface area (Å²) in [6.07, 6.45) is 0.668. The van der Waals surface area contributed by atoms with Gasteiger partial charge in [0.1, 0.15) is 12.6 Å². The Balaban J connectivity index is 2.75. The third-order valence-electron chi connectivity index (χ3n) is 3.56. The molecule has 1 aliphatic rings. The maximum atomic E-state index is 12.4. The number of aliphatic carboxylic acids is 1. The highest BCUT2D eigenvalue weighted by Crippen LogP contribution is 2.25. The summed E-state index contributed by atoms with van der Waals surface area (Å²) in [6, 6.07) is -1.18. The molecule has 1 rings (SSSR count). The second kappa shape index (κ2) is 7.12. The highest BCUT2D eigenvalue weighted by molar-refractivity contribution is 5.87. The van der Waals surface area contributed by atoms with Crippen LogP contribution in [0.3, 0.4) is 0 Å². The van der Waals surface area contributed by atoms with Gasteiger partial charge in [0, 0.05) is 19.6 Å². The monoisotopic (exact) mass is 285 g/mol. The van der Waals surface area contributed by atoms with E-state index in [2.05, 4.69) is 5.32 Å². The number of nitrogens with zero attached hydrogens (tertiary/aromatic N) is 2. The number of hydrogen-bond donors (Lipinski definition) is 2. The molecule has 7 heteroatoms. The SMILES string of the molecule is CCNC(=O)CN(CC)C(=O)N1CCC(C)C1C(=O)O. The molecule has 0 aromatic heterocycles. The van der Waals surface area contributed by atoms with E-state index in [0.29, 0.717) is 26.1 Å². The van der Waals surface area contributed by atoms with Crippen molar-refractivity contribution >= 4 is 17.9 Å². The van der Waals surface area contributed by atoms with Gasteiger partial charge in [0.25, 0.3) is 0 Å². The molecule has 0 aromatic rings. The highest BCUT2D eigenvalue weighted by Gasteiger charge is 2.41. The number of amides is 3. The Morgan fingerprint density at radius 1 is 1.35 bits per heavy atom. The molecule has 1 aliphatic heterocycles. The van der Waals surface area contributed by atoms with Crippen molar-refractivity contribution in [3.63, 3.8) is 0 Å². The maximum Gasteiger partial charge on any atom is 0.326 e. The van der Waals surface area contributed by atoms with Crippen LogP contribution in [0.1, 0.15) is 27.2 Å². The van der Waals surface area contributed by atoms with Crippen LogP contribution >= 0.6 is 0 Å². The van der Waals surface area contributed by atoms with Crippen LogP contribution in [-0.2, 0) is 9.59 Å². The number of carbonyl (C=O) groups is 3. The zero-order valence-corrected chi connectivity index (χ0v) is 12.3. The van der Waals surface area contributed by atoms with Crippen LogP contribution in [0.4, 0.5) is 4.79 Å². The standard InChI is InChI=1S/C13H23N3O4/c1-4-14-10(17)8-15(5-2)13(20)16-7-6-9(3)11(16)12(18)19/h9,11H,4-8H2,1-3H3,(H,14,17)(H,18,19). The highest BCUT2D eigenvalue weighted by atomic mass is 16.4. The molecule has 0 saturated carbocycles. The van der Waals surface area contributed by atoms with Gasteiger partial charge >= 0.3 is 12.0 Å². The number of likely N-dealkylation sites (tertiary alicyclic amines) is 1. The Bertz CT molecular complexity index is 386. The Morgan fingerprint density at radius 2 is 2.00 bits per heavy atom. The molecular weight excluding hydrogens is 262 g/mol. The molecule has 7 nitrogen and oxygen atoms in total. The first-order valence-electron chi connectivity index (χ1n) is 6.97. The Morgan fingerprint density at radius 3 is 2.50 bits per heavy atom. The van der Waals surface area contributed by atoms with E-state index in [9.17, 15) is 19.5 Å². The molecule has 0 radical (unpaired) electrons. The van der Waals surface area contributed by atoms with Crippen LogP contribution in [0.2, 0.25) is 0 Å². The number of nitrogens with one attached hydrogen (secondary N) is 1. The van der Waals surface area contributed by atoms with E-state index in [0.717, 1.165) is 0 Å². The first kappa shape index (κ1) is 16.3. The largest absolute Gasteiger partial charge is 0.480 e. The summed E-state index contributed by atoms with van der Waals surface area (Å²) >= 11 is 0. The molecule has 20 heavy (non-hydrogen) atoms. The van der Waals surface area contributed by atoms with Crippen molar-refractivity contribution in [3.05, 3.63) is 0 Å². The van der Waals surface area contributed by atoms with E-state index in [1.807, 2.05) is 6.92 Å². The van der Waals surface area contributed by atoms with E-state index in [-0.39, 0.29) is 24.4 Å². The second-order valence-corrected chi connectivity index (χ2v) is 4.99. The average molecular weight is 285 g/mol. The molecule has 0 aliphatic carbocycles. The fourth-order valence-electron chi connectivity index (χ4n) is 2.46. The van der Waals surface area contributed by atoms with Crippen LogP contribution in [0, 0.1) is 5.92 Å². The smallest absolute Gasteiger partial charge is 0.326 e. The Hall–Kier alpha value is -1.79. The van der Waals surface area contributed by atoms with E-state index < -0.39 is 12.0 Å². The molecule has 0 bridgehead atoms. The summed E-state index contributed by atoms with van der Waals surface area (Å²) < 4.78 is 0. The predicted octanol–water partition coefficient (Wildman–Crippen LogP) is 0.359. The Kier molecular flexibility index (Phi) is 5.79. The predicted molar refractivity (Wildman–Crippen MR) is 73.2 cm³/mol. The van der Waals surface area contributed by atoms with Crippen molar-refractivity contribution in [2.24, 2.45) is 5.92 Å². The molecule has 0 aromatic carbocycles. The summed E-state index contributed by atoms with van der Waals surface area (Å²) in [4.78, 5) is 38.0. The van der Waals surface area contributed by atoms with Crippen LogP contribution in [0.15, 0.2) is 0 Å². The fourth-order valence-corrected chi connectivity index (χ4v) is 2.46. The first-order valence-corrected chi connectivity index (χ1v) is 6.97. The molecule has 0 spiro atoms. The zero-order valence-electron chi connectivity index (χ0n) is 12.3. The van der Waals surface area contributed by atoms with Gasteiger partial charge in [0.15, 0.2) is 0 Å². The topological polar surface area (TPSA) is 90.0 Å². The minimum atomic E-state index is -0.989. The number of likely N-dealkylation sites (N-methyl/N-ethyl adjacent to an activating group) is 2. The van der Waals surface area contributed by atoms with Crippen LogP contribution in [0.25, 0.3) is 0 Å². The number of carboxylic acid groups (broad SMARTS) is 1. The minimum absolute atomic E-state index is 0.0413. The summed E-state index contributed by atoms with van der Waals surface area (Å²) in [5, 5.41) is 11.9. The molecule has 2 N–H and O–H groups in total. The first-order chi connectivity index (χ1) is 9.42. The van der Waals surface area contributed by atoms with Crippen molar-refractivity contribution in [3.8, 4) is 0 Å². The molecule has 3 amide bonds. The van der Waals surface area contributed by atoms with Crippen molar-refractivity contribution < 1.29 is 19.5 Å². The molecule has 1 saturated heterocycles. The lowest BCUT2D eigenvalue weighted by Crippen LogP contribution is -2.51. The lowest BCUT2D eigenvalue weighted by Gasteiger charge is -2.30. The number of carbonyl (C=O) groups excluding carboxylic acids is 2. The molecule has 1 heterocycles. The number of carboxylic acids is 1. The van der Waals surface area contributed by atoms with Gasteiger partial charge in [0.2, 0.25) is 5.91 Å². The average Bonchev–Trinajstić information content (AvgIpc) is 2.77. The Labute approximate surface area is 118 Å². The van der Waals surface area contributed by atoms with Crippen molar-refractivity contribution in [2.75, 3.05) is 26.2 Å². The van der Waals surface area contributed by atoms with Gasteiger partial charge in [-0.2, -0.15) is 0 Å². The van der Waals surface area contributed by atoms with Gasteiger partial charge in [-0.1, -0.05) is 6.92 Å². The fraction of sp³-hybridized carbons (Fsp3) is 0.769. The van der Waals surface area contributed by atoms with Crippen molar-refractivity contribution in [1.29, 1.82) is 0 Å². The lowest BCUT2D eigenvalue weighted by atomic mass is 10.0. The van der Waals surface area contributed by atoms with Crippen LogP contribution < -0.4 is 5.32 Å². The summed E-state index contributed by atoms with van der Waals surface area (Å²) in [6.45, 7) is 6.65. The molecule has 114 valence electrons. The van der Waals surface area contributed by atoms with Crippen molar-refractivity contribution in [1.82, 2.24) is 15.1 Å². The third kappa shape index (κ3) is 3.61. The van der Waals surface area contributed by atoms with Crippen LogP contribution in [0.5, 0.6) is 0 Å². The molecule has 1 fully saturated rings. The van der Waals surface area contributed by atoms with Gasteiger partial charge in [0.05, 0.1) is 0 Å². The van der Waals surface area contributed by atoms with Crippen molar-refractivity contribution in [2.45, 2.75) is 33.2 Å². The normalized spacial score (nSPS) is 21.6. The van der Waals surface area contributed by atoms with E-state index >= 15 is 0 Å². The summed E-state index contributed by atoms with van der Waals surface area (Å²) in [7, 11) is 0. The quantitative estimate of drug-likeness (QED) is 0.763. The molecule has 2 atom stereocenters. The van der Waals surface area contributed by atoms with Gasteiger partial charge in [-0.3, -0.25) is 4.79 Å². The number of rotatable bonds is 5. The maximum absolute atomic E-state index is 12.4. The number of hydrogen-bond acceptors (Lipinski definition) is 3. The summed E-state index contributed by atoms with van der Waals surface area (Å²) in [5.74, 6) is -1.29.